The van der Waals surface area contributed by atoms with Crippen molar-refractivity contribution in [1.82, 2.24) is 9.47 Å². The molecule has 0 bridgehead atoms. The van der Waals surface area contributed by atoms with E-state index in [1.807, 2.05) is 66.2 Å². The normalized spacial score (nSPS) is 15.0. The van der Waals surface area contributed by atoms with E-state index in [2.05, 4.69) is 11.2 Å². The maximum Gasteiger partial charge on any atom is 0.294 e. The summed E-state index contributed by atoms with van der Waals surface area (Å²) in [5, 5.41) is 3.40. The number of nitrogens with one attached hydrogen (secondary N) is 1. The van der Waals surface area contributed by atoms with E-state index < -0.39 is 5.91 Å². The first kappa shape index (κ1) is 20.5. The van der Waals surface area contributed by atoms with Gasteiger partial charge < -0.3 is 9.88 Å². The number of nitrogens with zero attached hydrogens (tertiary/aromatic N) is 2. The number of terminal acetylenes is 1. The van der Waals surface area contributed by atoms with Crippen LogP contribution in [0.1, 0.15) is 11.1 Å². The zero-order valence-corrected chi connectivity index (χ0v) is 17.6. The smallest absolute Gasteiger partial charge is 0.294 e. The summed E-state index contributed by atoms with van der Waals surface area (Å²) in [6, 6.07) is 15.2. The number of carbonyl (C=O) groups excluding carboxylic acids is 3. The Labute approximate surface area is 183 Å². The molecular formula is C24H19N3O3S. The summed E-state index contributed by atoms with van der Waals surface area (Å²) < 4.78 is 1.83. The average Bonchev–Trinajstić information content (AvgIpc) is 3.22. The first-order valence-electron chi connectivity index (χ1n) is 9.59. The number of imide groups is 1. The van der Waals surface area contributed by atoms with E-state index in [4.69, 9.17) is 6.42 Å². The molecule has 7 heteroatoms. The van der Waals surface area contributed by atoms with Gasteiger partial charge in [-0.1, -0.05) is 41.8 Å². The van der Waals surface area contributed by atoms with Crippen molar-refractivity contribution in [3.05, 3.63) is 70.8 Å². The highest BCUT2D eigenvalue weighted by molar-refractivity contribution is 8.18. The Kier molecular flexibility index (Phi) is 5.65. The van der Waals surface area contributed by atoms with Crippen molar-refractivity contribution >= 4 is 51.5 Å². The first-order chi connectivity index (χ1) is 15.0. The van der Waals surface area contributed by atoms with Crippen molar-refractivity contribution in [3.63, 3.8) is 0 Å². The third kappa shape index (κ3) is 4.25. The maximum absolute atomic E-state index is 12.6. The third-order valence-corrected chi connectivity index (χ3v) is 5.79. The predicted octanol–water partition coefficient (Wildman–Crippen LogP) is 4.26. The summed E-state index contributed by atoms with van der Waals surface area (Å²) in [6.45, 7) is 2.05. The lowest BCUT2D eigenvalue weighted by molar-refractivity contribution is -0.122. The molecule has 1 aromatic heterocycles. The van der Waals surface area contributed by atoms with Crippen LogP contribution in [0.15, 0.2) is 59.6 Å². The van der Waals surface area contributed by atoms with Gasteiger partial charge in [-0.2, -0.15) is 0 Å². The number of anilines is 1. The van der Waals surface area contributed by atoms with Gasteiger partial charge in [-0.05, 0) is 43.0 Å². The molecule has 1 aliphatic heterocycles. The highest BCUT2D eigenvalue weighted by atomic mass is 32.2. The standard InChI is InChI=1S/C24H19N3O3S/c1-3-12-27-23(29)21(31-24(27)30)13-17-14-26(20-7-5-4-6-19(17)20)15-22(28)25-18-10-8-16(2)9-11-18/h1,4-11,13-14H,12,15H2,2H3,(H,25,28)/b21-13+. The number of amides is 3. The lowest BCUT2D eigenvalue weighted by Crippen LogP contribution is -2.28. The van der Waals surface area contributed by atoms with Gasteiger partial charge in [0.25, 0.3) is 11.1 Å². The van der Waals surface area contributed by atoms with Crippen LogP contribution in [0.5, 0.6) is 0 Å². The van der Waals surface area contributed by atoms with Gasteiger partial charge in [-0.25, -0.2) is 0 Å². The number of carbonyl (C=O) groups is 3. The van der Waals surface area contributed by atoms with Crippen molar-refractivity contribution in [2.75, 3.05) is 11.9 Å². The molecule has 0 saturated carbocycles. The molecule has 2 heterocycles. The summed E-state index contributed by atoms with van der Waals surface area (Å²) in [5.74, 6) is 1.77. The zero-order valence-electron chi connectivity index (χ0n) is 16.8. The van der Waals surface area contributed by atoms with E-state index in [0.29, 0.717) is 4.91 Å². The highest BCUT2D eigenvalue weighted by Gasteiger charge is 2.34. The maximum atomic E-state index is 12.6. The van der Waals surface area contributed by atoms with Crippen LogP contribution in [0.3, 0.4) is 0 Å². The molecule has 0 aliphatic carbocycles. The van der Waals surface area contributed by atoms with Gasteiger partial charge in [0.2, 0.25) is 5.91 Å². The molecule has 3 amide bonds. The summed E-state index contributed by atoms with van der Waals surface area (Å²) in [7, 11) is 0. The SMILES string of the molecule is C#CCN1C(=O)S/C(=C/c2cn(CC(=O)Nc3ccc(C)cc3)c3ccccc23)C1=O. The molecule has 0 atom stereocenters. The molecular weight excluding hydrogens is 410 g/mol. The third-order valence-electron chi connectivity index (χ3n) is 4.88. The van der Waals surface area contributed by atoms with Crippen molar-refractivity contribution in [2.45, 2.75) is 13.5 Å². The van der Waals surface area contributed by atoms with E-state index in [9.17, 15) is 14.4 Å². The van der Waals surface area contributed by atoms with E-state index in [0.717, 1.165) is 44.4 Å². The number of para-hydroxylation sites is 1. The van der Waals surface area contributed by atoms with Gasteiger partial charge in [0.15, 0.2) is 0 Å². The van der Waals surface area contributed by atoms with Crippen LogP contribution in [0.25, 0.3) is 17.0 Å². The van der Waals surface area contributed by atoms with E-state index in [1.165, 1.54) is 0 Å². The lowest BCUT2D eigenvalue weighted by Gasteiger charge is -2.07. The molecule has 1 N–H and O–H groups in total. The van der Waals surface area contributed by atoms with Crippen LogP contribution in [0.4, 0.5) is 10.5 Å². The Balaban J connectivity index is 1.61. The van der Waals surface area contributed by atoms with Crippen LogP contribution in [0.2, 0.25) is 0 Å². The number of aromatic nitrogens is 1. The number of benzene rings is 2. The molecule has 31 heavy (non-hydrogen) atoms. The van der Waals surface area contributed by atoms with Crippen LogP contribution in [-0.2, 0) is 16.1 Å². The number of hydrogen-bond acceptors (Lipinski definition) is 4. The van der Waals surface area contributed by atoms with Crippen molar-refractivity contribution in [2.24, 2.45) is 0 Å². The minimum atomic E-state index is -0.401. The van der Waals surface area contributed by atoms with E-state index in [-0.39, 0.29) is 24.2 Å². The van der Waals surface area contributed by atoms with Crippen LogP contribution >= 0.6 is 11.8 Å². The molecule has 1 fully saturated rings. The topological polar surface area (TPSA) is 71.4 Å². The Morgan fingerprint density at radius 2 is 1.90 bits per heavy atom. The van der Waals surface area contributed by atoms with E-state index >= 15 is 0 Å². The average molecular weight is 430 g/mol. The van der Waals surface area contributed by atoms with E-state index in [1.54, 1.807) is 6.08 Å². The van der Waals surface area contributed by atoms with Gasteiger partial charge in [-0.15, -0.1) is 6.42 Å². The fourth-order valence-electron chi connectivity index (χ4n) is 3.38. The Bertz CT molecular complexity index is 1270. The van der Waals surface area contributed by atoms with Gasteiger partial charge in [0.05, 0.1) is 11.4 Å². The zero-order chi connectivity index (χ0) is 22.0. The second kappa shape index (κ2) is 8.54. The van der Waals surface area contributed by atoms with Crippen molar-refractivity contribution < 1.29 is 14.4 Å². The first-order valence-corrected chi connectivity index (χ1v) is 10.4. The lowest BCUT2D eigenvalue weighted by atomic mass is 10.1. The molecule has 4 rings (SSSR count). The monoisotopic (exact) mass is 429 g/mol. The van der Waals surface area contributed by atoms with Gasteiger partial charge in [0, 0.05) is 28.4 Å². The van der Waals surface area contributed by atoms with Crippen LogP contribution in [0, 0.1) is 19.3 Å². The fraction of sp³-hybridized carbons (Fsp3) is 0.125. The largest absolute Gasteiger partial charge is 0.337 e. The molecule has 3 aromatic rings. The predicted molar refractivity (Wildman–Crippen MR) is 123 cm³/mol. The number of thioether (sulfide) groups is 1. The van der Waals surface area contributed by atoms with Gasteiger partial charge in [-0.3, -0.25) is 19.3 Å². The second-order valence-corrected chi connectivity index (χ2v) is 8.11. The van der Waals surface area contributed by atoms with Crippen molar-refractivity contribution in [1.29, 1.82) is 0 Å². The molecule has 6 nitrogen and oxygen atoms in total. The van der Waals surface area contributed by atoms with Gasteiger partial charge in [0.1, 0.15) is 6.54 Å². The minimum absolute atomic E-state index is 0.0526. The fourth-order valence-corrected chi connectivity index (χ4v) is 4.21. The number of aryl methyl sites for hydroxylation is 1. The second-order valence-electron chi connectivity index (χ2n) is 7.12. The highest BCUT2D eigenvalue weighted by Crippen LogP contribution is 2.34. The Morgan fingerprint density at radius 3 is 2.65 bits per heavy atom. The molecule has 1 aliphatic rings. The molecule has 1 saturated heterocycles. The Hall–Kier alpha value is -3.76. The Morgan fingerprint density at radius 1 is 1.16 bits per heavy atom. The molecule has 2 aromatic carbocycles. The number of rotatable bonds is 5. The quantitative estimate of drug-likeness (QED) is 0.486. The summed E-state index contributed by atoms with van der Waals surface area (Å²) >= 11 is 0.866. The summed E-state index contributed by atoms with van der Waals surface area (Å²) in [4.78, 5) is 38.5. The van der Waals surface area contributed by atoms with Gasteiger partial charge >= 0.3 is 0 Å². The number of fused-ring (bicyclic) bond motifs is 1. The minimum Gasteiger partial charge on any atom is -0.337 e. The van der Waals surface area contributed by atoms with Crippen LogP contribution < -0.4 is 5.32 Å². The van der Waals surface area contributed by atoms with Crippen molar-refractivity contribution in [3.8, 4) is 12.3 Å². The number of hydrogen-bond donors (Lipinski definition) is 1. The summed E-state index contributed by atoms with van der Waals surface area (Å²) in [5.41, 5.74) is 3.46. The molecule has 0 spiro atoms. The van der Waals surface area contributed by atoms with Crippen LogP contribution in [-0.4, -0.2) is 33.1 Å². The summed E-state index contributed by atoms with van der Waals surface area (Å²) in [6.07, 6.45) is 8.74. The molecule has 154 valence electrons. The molecule has 0 unspecified atom stereocenters. The molecule has 0 radical (unpaired) electrons.